The van der Waals surface area contributed by atoms with E-state index in [1.54, 1.807) is 6.33 Å². The first-order valence-corrected chi connectivity index (χ1v) is 6.44. The Kier molecular flexibility index (Phi) is 2.97. The largest absolute Gasteiger partial charge is 0.377 e. The van der Waals surface area contributed by atoms with Gasteiger partial charge in [-0.2, -0.15) is 0 Å². The molecule has 0 N–H and O–H groups in total. The van der Waals surface area contributed by atoms with Crippen molar-refractivity contribution in [1.29, 1.82) is 0 Å². The Labute approximate surface area is 107 Å². The molecule has 0 saturated carbocycles. The summed E-state index contributed by atoms with van der Waals surface area (Å²) >= 11 is 0. The Morgan fingerprint density at radius 1 is 1.39 bits per heavy atom. The van der Waals surface area contributed by atoms with E-state index in [0.717, 1.165) is 24.0 Å². The van der Waals surface area contributed by atoms with E-state index in [9.17, 15) is 0 Å². The summed E-state index contributed by atoms with van der Waals surface area (Å²) in [5.41, 5.74) is 2.47. The van der Waals surface area contributed by atoms with Crippen LogP contribution in [-0.2, 0) is 0 Å². The molecule has 3 heteroatoms. The normalized spacial score (nSPS) is 20.1. The van der Waals surface area contributed by atoms with Gasteiger partial charge in [-0.3, -0.25) is 0 Å². The highest BCUT2D eigenvalue weighted by Gasteiger charge is 2.23. The van der Waals surface area contributed by atoms with Crippen LogP contribution < -0.4 is 0 Å². The second-order valence-corrected chi connectivity index (χ2v) is 4.77. The fourth-order valence-corrected chi connectivity index (χ4v) is 2.75. The van der Waals surface area contributed by atoms with Gasteiger partial charge in [-0.25, -0.2) is 9.97 Å². The lowest BCUT2D eigenvalue weighted by molar-refractivity contribution is 0.460. The van der Waals surface area contributed by atoms with Gasteiger partial charge >= 0.3 is 0 Å². The molecule has 1 aliphatic rings. The van der Waals surface area contributed by atoms with Crippen molar-refractivity contribution in [1.82, 2.24) is 14.9 Å². The van der Waals surface area contributed by atoms with E-state index in [1.165, 1.54) is 12.0 Å². The number of aromatic nitrogens is 2. The Bertz CT molecular complexity index is 571. The first kappa shape index (κ1) is 11.2. The molecule has 1 aromatic heterocycles. The van der Waals surface area contributed by atoms with Gasteiger partial charge in [0.2, 0.25) is 0 Å². The molecule has 2 heterocycles. The van der Waals surface area contributed by atoms with E-state index < -0.39 is 0 Å². The summed E-state index contributed by atoms with van der Waals surface area (Å²) in [5.74, 6) is 0.583. The number of rotatable bonds is 2. The minimum atomic E-state index is 0.583. The third-order valence-corrected chi connectivity index (χ3v) is 3.58. The molecule has 1 aromatic carbocycles. The van der Waals surface area contributed by atoms with Gasteiger partial charge in [0.25, 0.3) is 0 Å². The lowest BCUT2D eigenvalue weighted by Crippen LogP contribution is -2.12. The topological polar surface area (TPSA) is 29.0 Å². The number of hydrogen-bond acceptors (Lipinski definition) is 3. The van der Waals surface area contributed by atoms with E-state index in [0.29, 0.717) is 5.92 Å². The Morgan fingerprint density at radius 2 is 2.33 bits per heavy atom. The van der Waals surface area contributed by atoms with Crippen LogP contribution in [0.5, 0.6) is 0 Å². The molecule has 0 bridgehead atoms. The minimum absolute atomic E-state index is 0.583. The summed E-state index contributed by atoms with van der Waals surface area (Å²) < 4.78 is 0. The van der Waals surface area contributed by atoms with Crippen LogP contribution in [0, 0.1) is 0 Å². The molecule has 1 aliphatic heterocycles. The molecule has 1 atom stereocenters. The summed E-state index contributed by atoms with van der Waals surface area (Å²) in [4.78, 5) is 10.9. The van der Waals surface area contributed by atoms with Crippen molar-refractivity contribution < 1.29 is 0 Å². The van der Waals surface area contributed by atoms with Gasteiger partial charge in [-0.05, 0) is 25.1 Å². The monoisotopic (exact) mass is 239 g/mol. The van der Waals surface area contributed by atoms with E-state index in [-0.39, 0.29) is 0 Å². The van der Waals surface area contributed by atoms with Gasteiger partial charge in [-0.15, -0.1) is 0 Å². The molecule has 3 rings (SSSR count). The van der Waals surface area contributed by atoms with Crippen molar-refractivity contribution in [3.05, 3.63) is 48.6 Å². The van der Waals surface area contributed by atoms with Crippen molar-refractivity contribution in [2.75, 3.05) is 13.1 Å². The lowest BCUT2D eigenvalue weighted by Gasteiger charge is -2.14. The van der Waals surface area contributed by atoms with Crippen molar-refractivity contribution in [3.63, 3.8) is 0 Å². The van der Waals surface area contributed by atoms with E-state index in [2.05, 4.69) is 52.3 Å². The van der Waals surface area contributed by atoms with E-state index in [1.807, 2.05) is 6.20 Å². The highest BCUT2D eigenvalue weighted by Crippen LogP contribution is 2.31. The van der Waals surface area contributed by atoms with Crippen LogP contribution in [0.2, 0.25) is 0 Å². The van der Waals surface area contributed by atoms with Crippen molar-refractivity contribution in [2.24, 2.45) is 0 Å². The highest BCUT2D eigenvalue weighted by atomic mass is 15.1. The van der Waals surface area contributed by atoms with Crippen LogP contribution in [0.3, 0.4) is 0 Å². The highest BCUT2D eigenvalue weighted by molar-refractivity contribution is 5.81. The smallest absolute Gasteiger partial charge is 0.116 e. The summed E-state index contributed by atoms with van der Waals surface area (Å²) in [5, 5.41) is 1.14. The third kappa shape index (κ3) is 1.96. The summed E-state index contributed by atoms with van der Waals surface area (Å²) in [6, 6.07) is 6.40. The van der Waals surface area contributed by atoms with Crippen molar-refractivity contribution in [2.45, 2.75) is 19.3 Å². The van der Waals surface area contributed by atoms with Crippen molar-refractivity contribution >= 4 is 10.9 Å². The number of nitrogens with zero attached hydrogens (tertiary/aromatic N) is 3. The number of benzene rings is 1. The molecule has 0 radical (unpaired) electrons. The Balaban J connectivity index is 1.96. The summed E-state index contributed by atoms with van der Waals surface area (Å²) in [7, 11) is 0. The zero-order chi connectivity index (χ0) is 12.4. The zero-order valence-corrected chi connectivity index (χ0v) is 10.6. The minimum Gasteiger partial charge on any atom is -0.377 e. The molecule has 0 aliphatic carbocycles. The van der Waals surface area contributed by atoms with Crippen molar-refractivity contribution in [3.8, 4) is 0 Å². The number of para-hydroxylation sites is 1. The quantitative estimate of drug-likeness (QED) is 0.806. The molecule has 18 heavy (non-hydrogen) atoms. The second-order valence-electron chi connectivity index (χ2n) is 4.77. The molecule has 2 aromatic rings. The number of likely N-dealkylation sites (tertiary alicyclic amines) is 1. The van der Waals surface area contributed by atoms with Gasteiger partial charge in [0.15, 0.2) is 0 Å². The second kappa shape index (κ2) is 4.77. The zero-order valence-electron chi connectivity index (χ0n) is 10.6. The fourth-order valence-electron chi connectivity index (χ4n) is 2.75. The molecule has 1 fully saturated rings. The maximum atomic E-state index is 4.45. The van der Waals surface area contributed by atoms with Gasteiger partial charge in [0.05, 0.1) is 5.52 Å². The van der Waals surface area contributed by atoms with Crippen LogP contribution in [0.25, 0.3) is 10.9 Å². The van der Waals surface area contributed by atoms with Gasteiger partial charge in [0, 0.05) is 30.6 Å². The van der Waals surface area contributed by atoms with Crippen LogP contribution in [0.15, 0.2) is 43.0 Å². The third-order valence-electron chi connectivity index (χ3n) is 3.58. The molecule has 0 amide bonds. The summed E-state index contributed by atoms with van der Waals surface area (Å²) in [6.07, 6.45) is 9.02. The van der Waals surface area contributed by atoms with Gasteiger partial charge in [0.1, 0.15) is 6.33 Å². The fraction of sp³-hybridized carbons (Fsp3) is 0.333. The van der Waals surface area contributed by atoms with E-state index in [4.69, 9.17) is 0 Å². The average Bonchev–Trinajstić information content (AvgIpc) is 2.87. The summed E-state index contributed by atoms with van der Waals surface area (Å²) in [6.45, 7) is 4.29. The van der Waals surface area contributed by atoms with Gasteiger partial charge < -0.3 is 4.90 Å². The molecule has 3 nitrogen and oxygen atoms in total. The molecular weight excluding hydrogens is 222 g/mol. The molecule has 0 spiro atoms. The Hall–Kier alpha value is -1.90. The molecule has 92 valence electrons. The van der Waals surface area contributed by atoms with Crippen LogP contribution in [0.4, 0.5) is 0 Å². The molecular formula is C15H17N3. The number of allylic oxidation sites excluding steroid dienone is 1. The van der Waals surface area contributed by atoms with E-state index >= 15 is 0 Å². The van der Waals surface area contributed by atoms with Crippen LogP contribution in [-0.4, -0.2) is 28.0 Å². The number of fused-ring (bicyclic) bond motifs is 1. The lowest BCUT2D eigenvalue weighted by atomic mass is 9.96. The Morgan fingerprint density at radius 3 is 3.22 bits per heavy atom. The van der Waals surface area contributed by atoms with Crippen LogP contribution >= 0.6 is 0 Å². The molecule has 1 saturated heterocycles. The predicted molar refractivity (Wildman–Crippen MR) is 73.3 cm³/mol. The maximum absolute atomic E-state index is 4.45. The first-order chi connectivity index (χ1) is 8.88. The average molecular weight is 239 g/mol. The number of hydrogen-bond donors (Lipinski definition) is 0. The maximum Gasteiger partial charge on any atom is 0.116 e. The SMILES string of the molecule is CC=CN1CCC(c2cccc3cncnc23)C1. The predicted octanol–water partition coefficient (Wildman–Crippen LogP) is 2.95. The standard InChI is InChI=1S/C15H17N3/c1-2-7-18-8-6-13(10-18)14-5-3-4-12-9-16-11-17-15(12)14/h2-5,7,9,11,13H,6,8,10H2,1H3. The van der Waals surface area contributed by atoms with Crippen LogP contribution in [0.1, 0.15) is 24.8 Å². The first-order valence-electron chi connectivity index (χ1n) is 6.44. The van der Waals surface area contributed by atoms with Gasteiger partial charge in [-0.1, -0.05) is 24.3 Å². The molecule has 1 unspecified atom stereocenters.